The van der Waals surface area contributed by atoms with Crippen molar-refractivity contribution in [1.82, 2.24) is 0 Å². The van der Waals surface area contributed by atoms with Gasteiger partial charge in [0.2, 0.25) is 5.91 Å². The number of carbonyl (C=O) groups excluding carboxylic acids is 1. The minimum absolute atomic E-state index is 0.0582. The molecule has 0 radical (unpaired) electrons. The van der Waals surface area contributed by atoms with Crippen molar-refractivity contribution in [1.29, 1.82) is 0 Å². The van der Waals surface area contributed by atoms with E-state index in [2.05, 4.69) is 21.2 Å². The van der Waals surface area contributed by atoms with E-state index in [4.69, 9.17) is 4.74 Å². The first-order valence-electron chi connectivity index (χ1n) is 5.91. The van der Waals surface area contributed by atoms with Crippen molar-refractivity contribution in [2.75, 3.05) is 11.9 Å². The minimum atomic E-state index is 0.0582. The number of ether oxygens (including phenoxy) is 1. The van der Waals surface area contributed by atoms with Crippen LogP contribution in [0, 0.1) is 0 Å². The zero-order valence-corrected chi connectivity index (χ0v) is 11.2. The van der Waals surface area contributed by atoms with E-state index in [0.29, 0.717) is 6.42 Å². The highest BCUT2D eigenvalue weighted by Gasteiger charge is 2.16. The summed E-state index contributed by atoms with van der Waals surface area (Å²) in [4.78, 5) is 11.7. The largest absolute Gasteiger partial charge is 0.378 e. The monoisotopic (exact) mass is 297 g/mol. The zero-order chi connectivity index (χ0) is 12.1. The number of anilines is 1. The molecule has 2 rings (SSSR count). The molecular weight excluding hydrogens is 282 g/mol. The van der Waals surface area contributed by atoms with Gasteiger partial charge in [-0.25, -0.2) is 0 Å². The molecule has 1 saturated heterocycles. The Kier molecular flexibility index (Phi) is 4.57. The molecule has 1 amide bonds. The third-order valence-corrected chi connectivity index (χ3v) is 3.37. The zero-order valence-electron chi connectivity index (χ0n) is 9.62. The predicted octanol–water partition coefficient (Wildman–Crippen LogP) is 3.35. The van der Waals surface area contributed by atoms with Crippen LogP contribution in [-0.4, -0.2) is 18.6 Å². The van der Waals surface area contributed by atoms with Gasteiger partial charge in [-0.2, -0.15) is 0 Å². The maximum atomic E-state index is 11.7. The number of nitrogens with one attached hydrogen (secondary N) is 1. The van der Waals surface area contributed by atoms with Gasteiger partial charge in [0.1, 0.15) is 0 Å². The average Bonchev–Trinajstić information content (AvgIpc) is 2.83. The molecule has 4 heteroatoms. The second-order valence-electron chi connectivity index (χ2n) is 4.23. The normalized spacial score (nSPS) is 19.2. The third-order valence-electron chi connectivity index (χ3n) is 2.85. The first-order valence-corrected chi connectivity index (χ1v) is 6.70. The van der Waals surface area contributed by atoms with E-state index in [1.165, 1.54) is 0 Å². The van der Waals surface area contributed by atoms with Crippen molar-refractivity contribution in [3.8, 4) is 0 Å². The Hall–Kier alpha value is -0.870. The van der Waals surface area contributed by atoms with Gasteiger partial charge in [0, 0.05) is 23.2 Å². The Morgan fingerprint density at radius 2 is 2.18 bits per heavy atom. The Balaban J connectivity index is 1.74. The smallest absolute Gasteiger partial charge is 0.224 e. The summed E-state index contributed by atoms with van der Waals surface area (Å²) in [6.45, 7) is 0.846. The van der Waals surface area contributed by atoms with Crippen LogP contribution in [0.3, 0.4) is 0 Å². The molecule has 1 aliphatic rings. The first kappa shape index (κ1) is 12.6. The van der Waals surface area contributed by atoms with Crippen LogP contribution in [-0.2, 0) is 9.53 Å². The molecule has 0 aliphatic carbocycles. The Morgan fingerprint density at radius 1 is 1.41 bits per heavy atom. The van der Waals surface area contributed by atoms with Gasteiger partial charge in [-0.05, 0) is 43.5 Å². The molecule has 17 heavy (non-hydrogen) atoms. The lowest BCUT2D eigenvalue weighted by molar-refractivity contribution is -0.116. The fourth-order valence-electron chi connectivity index (χ4n) is 1.92. The van der Waals surface area contributed by atoms with Gasteiger partial charge in [0.05, 0.1) is 6.10 Å². The quantitative estimate of drug-likeness (QED) is 0.925. The molecule has 1 N–H and O–H groups in total. The van der Waals surface area contributed by atoms with Crippen LogP contribution < -0.4 is 5.32 Å². The Morgan fingerprint density at radius 3 is 2.82 bits per heavy atom. The van der Waals surface area contributed by atoms with Crippen LogP contribution >= 0.6 is 15.9 Å². The molecular formula is C13H16BrNO2. The van der Waals surface area contributed by atoms with Gasteiger partial charge in [0.25, 0.3) is 0 Å². The molecule has 0 saturated carbocycles. The lowest BCUT2D eigenvalue weighted by Gasteiger charge is -2.09. The summed E-state index contributed by atoms with van der Waals surface area (Å²) in [6, 6.07) is 7.59. The SMILES string of the molecule is O=C(CC[C@H]1CCCO1)Nc1ccc(Br)cc1. The van der Waals surface area contributed by atoms with E-state index >= 15 is 0 Å². The molecule has 1 aromatic rings. The van der Waals surface area contributed by atoms with Crippen molar-refractivity contribution in [3.63, 3.8) is 0 Å². The topological polar surface area (TPSA) is 38.3 Å². The number of rotatable bonds is 4. The van der Waals surface area contributed by atoms with E-state index in [1.807, 2.05) is 24.3 Å². The van der Waals surface area contributed by atoms with Crippen LogP contribution in [0.15, 0.2) is 28.7 Å². The molecule has 0 aromatic heterocycles. The van der Waals surface area contributed by atoms with Crippen molar-refractivity contribution < 1.29 is 9.53 Å². The molecule has 0 spiro atoms. The van der Waals surface area contributed by atoms with Crippen molar-refractivity contribution in [2.45, 2.75) is 31.8 Å². The summed E-state index contributed by atoms with van der Waals surface area (Å²) in [7, 11) is 0. The maximum Gasteiger partial charge on any atom is 0.224 e. The number of amides is 1. The number of halogens is 1. The average molecular weight is 298 g/mol. The summed E-state index contributed by atoms with van der Waals surface area (Å²) in [5, 5.41) is 2.88. The summed E-state index contributed by atoms with van der Waals surface area (Å²) >= 11 is 3.36. The van der Waals surface area contributed by atoms with Crippen LogP contribution in [0.25, 0.3) is 0 Å². The summed E-state index contributed by atoms with van der Waals surface area (Å²) < 4.78 is 6.49. The highest BCUT2D eigenvalue weighted by molar-refractivity contribution is 9.10. The number of hydrogen-bond donors (Lipinski definition) is 1. The van der Waals surface area contributed by atoms with Crippen LogP contribution in [0.1, 0.15) is 25.7 Å². The van der Waals surface area contributed by atoms with Crippen LogP contribution in [0.2, 0.25) is 0 Å². The third kappa shape index (κ3) is 4.13. The van der Waals surface area contributed by atoms with Crippen molar-refractivity contribution in [3.05, 3.63) is 28.7 Å². The van der Waals surface area contributed by atoms with Gasteiger partial charge < -0.3 is 10.1 Å². The fraction of sp³-hybridized carbons (Fsp3) is 0.462. The highest BCUT2D eigenvalue weighted by Crippen LogP contribution is 2.18. The molecule has 0 bridgehead atoms. The lowest BCUT2D eigenvalue weighted by Crippen LogP contribution is -2.15. The second-order valence-corrected chi connectivity index (χ2v) is 5.14. The molecule has 1 atom stereocenters. The van der Waals surface area contributed by atoms with E-state index in [9.17, 15) is 4.79 Å². The fourth-order valence-corrected chi connectivity index (χ4v) is 2.19. The maximum absolute atomic E-state index is 11.7. The first-order chi connectivity index (χ1) is 8.24. The number of benzene rings is 1. The molecule has 0 unspecified atom stereocenters. The molecule has 1 heterocycles. The van der Waals surface area contributed by atoms with Gasteiger partial charge in [-0.3, -0.25) is 4.79 Å². The Bertz CT molecular complexity index is 372. The molecule has 1 aromatic carbocycles. The Labute approximate surface area is 110 Å². The number of hydrogen-bond acceptors (Lipinski definition) is 2. The summed E-state index contributed by atoms with van der Waals surface area (Å²) in [5.41, 5.74) is 0.838. The molecule has 1 aliphatic heterocycles. The molecule has 3 nitrogen and oxygen atoms in total. The lowest BCUT2D eigenvalue weighted by atomic mass is 10.1. The summed E-state index contributed by atoms with van der Waals surface area (Å²) in [6.07, 6.45) is 3.85. The van der Waals surface area contributed by atoms with Crippen LogP contribution in [0.5, 0.6) is 0 Å². The minimum Gasteiger partial charge on any atom is -0.378 e. The second kappa shape index (κ2) is 6.17. The van der Waals surface area contributed by atoms with E-state index in [-0.39, 0.29) is 12.0 Å². The highest BCUT2D eigenvalue weighted by atomic mass is 79.9. The van der Waals surface area contributed by atoms with Gasteiger partial charge >= 0.3 is 0 Å². The van der Waals surface area contributed by atoms with Crippen molar-refractivity contribution >= 4 is 27.5 Å². The summed E-state index contributed by atoms with van der Waals surface area (Å²) in [5.74, 6) is 0.0582. The van der Waals surface area contributed by atoms with Crippen molar-refractivity contribution in [2.24, 2.45) is 0 Å². The molecule has 92 valence electrons. The van der Waals surface area contributed by atoms with E-state index < -0.39 is 0 Å². The van der Waals surface area contributed by atoms with E-state index in [1.54, 1.807) is 0 Å². The van der Waals surface area contributed by atoms with Gasteiger partial charge in [-0.1, -0.05) is 15.9 Å². The van der Waals surface area contributed by atoms with Crippen LogP contribution in [0.4, 0.5) is 5.69 Å². The number of carbonyl (C=O) groups is 1. The predicted molar refractivity (Wildman–Crippen MR) is 71.0 cm³/mol. The standard InChI is InChI=1S/C13H16BrNO2/c14-10-3-5-11(6-4-10)15-13(16)8-7-12-2-1-9-17-12/h3-6,12H,1-2,7-9H2,(H,15,16)/t12-/m1/s1. The van der Waals surface area contributed by atoms with Gasteiger partial charge in [0.15, 0.2) is 0 Å². The molecule has 1 fully saturated rings. The van der Waals surface area contributed by atoms with E-state index in [0.717, 1.165) is 36.0 Å². The van der Waals surface area contributed by atoms with Gasteiger partial charge in [-0.15, -0.1) is 0 Å².